The van der Waals surface area contributed by atoms with Gasteiger partial charge in [0.15, 0.2) is 6.29 Å². The lowest BCUT2D eigenvalue weighted by molar-refractivity contribution is -0.290. The average molecular weight is 275 g/mol. The second-order valence-corrected chi connectivity index (χ2v) is 5.35. The number of hydrogen-bond donors (Lipinski definition) is 3. The molecular formula is C13H25NO5. The van der Waals surface area contributed by atoms with Gasteiger partial charge in [0.05, 0.1) is 0 Å². The Bertz CT molecular complexity index is 272. The second-order valence-electron chi connectivity index (χ2n) is 5.35. The summed E-state index contributed by atoms with van der Waals surface area (Å²) in [6.07, 6.45) is 1.22. The highest BCUT2D eigenvalue weighted by molar-refractivity contribution is 4.92. The van der Waals surface area contributed by atoms with Gasteiger partial charge in [0.1, 0.15) is 24.4 Å². The van der Waals surface area contributed by atoms with Crippen molar-refractivity contribution in [3.8, 4) is 0 Å². The van der Waals surface area contributed by atoms with Crippen LogP contribution in [0.1, 0.15) is 25.7 Å². The highest BCUT2D eigenvalue weighted by Crippen LogP contribution is 2.24. The fourth-order valence-electron chi connectivity index (χ4n) is 3.01. The third-order valence-corrected chi connectivity index (χ3v) is 4.14. The molecule has 1 aliphatic carbocycles. The van der Waals surface area contributed by atoms with E-state index in [0.29, 0.717) is 12.6 Å². The standard InChI is InChI=1S/C13H25NO5/c1-17-11-10(15)9(19-13(16)12(11)18-2)7-14-8-5-3-4-6-8/h8-16H,3-7H2,1-2H3. The summed E-state index contributed by atoms with van der Waals surface area (Å²) in [5.74, 6) is 0. The van der Waals surface area contributed by atoms with E-state index in [1.54, 1.807) is 0 Å². The Labute approximate surface area is 114 Å². The normalized spacial score (nSPS) is 40.7. The molecule has 1 aliphatic heterocycles. The Morgan fingerprint density at radius 1 is 1.11 bits per heavy atom. The van der Waals surface area contributed by atoms with Crippen molar-refractivity contribution in [2.75, 3.05) is 20.8 Å². The number of aliphatic hydroxyl groups excluding tert-OH is 2. The number of methoxy groups -OCH3 is 2. The molecule has 6 nitrogen and oxygen atoms in total. The van der Waals surface area contributed by atoms with Gasteiger partial charge in [-0.05, 0) is 12.8 Å². The van der Waals surface area contributed by atoms with E-state index in [9.17, 15) is 10.2 Å². The summed E-state index contributed by atoms with van der Waals surface area (Å²) in [6, 6.07) is 0.495. The smallest absolute Gasteiger partial charge is 0.184 e. The van der Waals surface area contributed by atoms with Crippen molar-refractivity contribution in [2.45, 2.75) is 62.4 Å². The minimum absolute atomic E-state index is 0.480. The van der Waals surface area contributed by atoms with E-state index in [4.69, 9.17) is 14.2 Å². The van der Waals surface area contributed by atoms with Gasteiger partial charge in [-0.3, -0.25) is 0 Å². The first-order chi connectivity index (χ1) is 9.17. The fourth-order valence-corrected chi connectivity index (χ4v) is 3.01. The van der Waals surface area contributed by atoms with Crippen LogP contribution in [0.2, 0.25) is 0 Å². The van der Waals surface area contributed by atoms with Crippen molar-refractivity contribution >= 4 is 0 Å². The number of rotatable bonds is 5. The first kappa shape index (κ1) is 15.2. The minimum Gasteiger partial charge on any atom is -0.388 e. The second kappa shape index (κ2) is 6.97. The van der Waals surface area contributed by atoms with Crippen LogP contribution in [0.25, 0.3) is 0 Å². The minimum atomic E-state index is -1.08. The zero-order chi connectivity index (χ0) is 13.8. The molecule has 1 saturated heterocycles. The Kier molecular flexibility index (Phi) is 5.56. The Balaban J connectivity index is 1.89. The molecule has 0 bridgehead atoms. The number of aliphatic hydroxyl groups is 2. The summed E-state index contributed by atoms with van der Waals surface area (Å²) in [6.45, 7) is 0.513. The molecule has 2 fully saturated rings. The van der Waals surface area contributed by atoms with E-state index in [1.165, 1.54) is 39.9 Å². The zero-order valence-corrected chi connectivity index (χ0v) is 11.6. The predicted molar refractivity (Wildman–Crippen MR) is 68.7 cm³/mol. The van der Waals surface area contributed by atoms with Crippen molar-refractivity contribution in [3.63, 3.8) is 0 Å². The monoisotopic (exact) mass is 275 g/mol. The van der Waals surface area contributed by atoms with Gasteiger partial charge in [-0.15, -0.1) is 0 Å². The summed E-state index contributed by atoms with van der Waals surface area (Å²) in [4.78, 5) is 0. The molecule has 2 aliphatic rings. The van der Waals surface area contributed by atoms with Crippen LogP contribution in [0.4, 0.5) is 0 Å². The third-order valence-electron chi connectivity index (χ3n) is 4.14. The van der Waals surface area contributed by atoms with Crippen LogP contribution >= 0.6 is 0 Å². The van der Waals surface area contributed by atoms with E-state index in [1.807, 2.05) is 0 Å². The van der Waals surface area contributed by atoms with Gasteiger partial charge in [-0.2, -0.15) is 0 Å². The van der Waals surface area contributed by atoms with E-state index >= 15 is 0 Å². The highest BCUT2D eigenvalue weighted by Gasteiger charge is 2.45. The van der Waals surface area contributed by atoms with Gasteiger partial charge in [-0.25, -0.2) is 0 Å². The van der Waals surface area contributed by atoms with E-state index in [2.05, 4.69) is 5.32 Å². The Morgan fingerprint density at radius 2 is 1.74 bits per heavy atom. The summed E-state index contributed by atoms with van der Waals surface area (Å²) < 4.78 is 15.8. The molecule has 1 saturated carbocycles. The molecule has 6 heteroatoms. The van der Waals surface area contributed by atoms with Crippen LogP contribution in [0.3, 0.4) is 0 Å². The summed E-state index contributed by atoms with van der Waals surface area (Å²) in [5, 5.41) is 23.5. The molecule has 112 valence electrons. The number of hydrogen-bond acceptors (Lipinski definition) is 6. The van der Waals surface area contributed by atoms with Gasteiger partial charge < -0.3 is 29.7 Å². The molecule has 0 amide bonds. The van der Waals surface area contributed by atoms with Crippen LogP contribution < -0.4 is 5.32 Å². The van der Waals surface area contributed by atoms with E-state index in [0.717, 1.165) is 0 Å². The van der Waals surface area contributed by atoms with Gasteiger partial charge in [-0.1, -0.05) is 12.8 Å². The highest BCUT2D eigenvalue weighted by atomic mass is 16.7. The van der Waals surface area contributed by atoms with E-state index < -0.39 is 30.7 Å². The van der Waals surface area contributed by atoms with Crippen LogP contribution in [-0.4, -0.2) is 67.7 Å². The first-order valence-electron chi connectivity index (χ1n) is 6.98. The van der Waals surface area contributed by atoms with Crippen molar-refractivity contribution in [2.24, 2.45) is 0 Å². The molecule has 5 atom stereocenters. The topological polar surface area (TPSA) is 80.2 Å². The average Bonchev–Trinajstić information content (AvgIpc) is 2.92. The van der Waals surface area contributed by atoms with Crippen LogP contribution in [0, 0.1) is 0 Å². The lowest BCUT2D eigenvalue weighted by Crippen LogP contribution is -2.61. The van der Waals surface area contributed by atoms with Gasteiger partial charge >= 0.3 is 0 Å². The maximum Gasteiger partial charge on any atom is 0.184 e. The van der Waals surface area contributed by atoms with Gasteiger partial charge in [0.25, 0.3) is 0 Å². The quantitative estimate of drug-likeness (QED) is 0.635. The van der Waals surface area contributed by atoms with Crippen molar-refractivity contribution < 1.29 is 24.4 Å². The molecular weight excluding hydrogens is 250 g/mol. The third kappa shape index (κ3) is 3.45. The molecule has 0 aromatic rings. The predicted octanol–water partition coefficient (Wildman–Crippen LogP) is -0.373. The SMILES string of the molecule is COC1C(O)OC(CNC2CCCC2)C(O)C1OC. The lowest BCUT2D eigenvalue weighted by atomic mass is 9.98. The molecule has 3 N–H and O–H groups in total. The van der Waals surface area contributed by atoms with Gasteiger partial charge in [0.2, 0.25) is 0 Å². The van der Waals surface area contributed by atoms with E-state index in [-0.39, 0.29) is 0 Å². The first-order valence-corrected chi connectivity index (χ1v) is 6.98. The molecule has 2 rings (SSSR count). The Morgan fingerprint density at radius 3 is 2.32 bits per heavy atom. The summed E-state index contributed by atoms with van der Waals surface area (Å²) in [5.41, 5.74) is 0. The number of nitrogens with one attached hydrogen (secondary N) is 1. The summed E-state index contributed by atoms with van der Waals surface area (Å²) in [7, 11) is 2.96. The van der Waals surface area contributed by atoms with Crippen LogP contribution in [0.5, 0.6) is 0 Å². The molecule has 19 heavy (non-hydrogen) atoms. The maximum atomic E-state index is 10.2. The Hall–Kier alpha value is -0.240. The molecule has 0 aromatic carbocycles. The lowest BCUT2D eigenvalue weighted by Gasteiger charge is -2.41. The van der Waals surface area contributed by atoms with Crippen molar-refractivity contribution in [1.29, 1.82) is 0 Å². The molecule has 0 radical (unpaired) electrons. The number of ether oxygens (including phenoxy) is 3. The molecule has 0 spiro atoms. The largest absolute Gasteiger partial charge is 0.388 e. The van der Waals surface area contributed by atoms with Crippen LogP contribution in [-0.2, 0) is 14.2 Å². The zero-order valence-electron chi connectivity index (χ0n) is 11.6. The molecule has 0 aromatic heterocycles. The van der Waals surface area contributed by atoms with Crippen molar-refractivity contribution in [1.82, 2.24) is 5.32 Å². The van der Waals surface area contributed by atoms with Crippen LogP contribution in [0.15, 0.2) is 0 Å². The van der Waals surface area contributed by atoms with Gasteiger partial charge in [0, 0.05) is 26.8 Å². The summed E-state index contributed by atoms with van der Waals surface area (Å²) >= 11 is 0. The molecule has 5 unspecified atom stereocenters. The fraction of sp³-hybridized carbons (Fsp3) is 1.00. The molecule has 1 heterocycles. The maximum absolute atomic E-state index is 10.2. The van der Waals surface area contributed by atoms with Crippen molar-refractivity contribution in [3.05, 3.63) is 0 Å².